The van der Waals surface area contributed by atoms with Crippen molar-refractivity contribution in [2.45, 2.75) is 44.4 Å². The third-order valence-electron chi connectivity index (χ3n) is 4.10. The first kappa shape index (κ1) is 11.8. The van der Waals surface area contributed by atoms with Crippen LogP contribution in [0.25, 0.3) is 0 Å². The summed E-state index contributed by atoms with van der Waals surface area (Å²) in [4.78, 5) is 2.22. The Morgan fingerprint density at radius 3 is 2.69 bits per heavy atom. The van der Waals surface area contributed by atoms with Gasteiger partial charge in [0.2, 0.25) is 0 Å². The number of piperidine rings is 1. The maximum Gasteiger partial charge on any atom is 0.128 e. The molecular weight excluding hydrogens is 205 g/mol. The molecule has 2 rings (SSSR count). The van der Waals surface area contributed by atoms with Crippen LogP contribution in [0.3, 0.4) is 0 Å². The lowest BCUT2D eigenvalue weighted by molar-refractivity contribution is 0.00220. The number of alkyl halides is 1. The van der Waals surface area contributed by atoms with Gasteiger partial charge in [-0.2, -0.15) is 5.26 Å². The van der Waals surface area contributed by atoms with Gasteiger partial charge in [-0.3, -0.25) is 4.90 Å². The Morgan fingerprint density at radius 2 is 2.19 bits per heavy atom. The molecule has 0 aromatic heterocycles. The van der Waals surface area contributed by atoms with E-state index < -0.39 is 6.17 Å². The van der Waals surface area contributed by atoms with E-state index in [1.165, 1.54) is 0 Å². The summed E-state index contributed by atoms with van der Waals surface area (Å²) in [6, 6.07) is 2.79. The molecule has 0 aromatic rings. The van der Waals surface area contributed by atoms with E-state index in [0.29, 0.717) is 12.6 Å². The molecule has 1 saturated carbocycles. The first-order valence-corrected chi connectivity index (χ1v) is 6.04. The maximum absolute atomic E-state index is 13.7. The molecule has 0 bridgehead atoms. The Kier molecular flexibility index (Phi) is 3.18. The molecule has 0 radical (unpaired) electrons. The molecule has 2 fully saturated rings. The van der Waals surface area contributed by atoms with Gasteiger partial charge in [-0.1, -0.05) is 0 Å². The van der Waals surface area contributed by atoms with E-state index in [9.17, 15) is 4.39 Å². The summed E-state index contributed by atoms with van der Waals surface area (Å²) in [6.45, 7) is 3.48. The fourth-order valence-corrected chi connectivity index (χ4v) is 2.91. The van der Waals surface area contributed by atoms with Crippen LogP contribution in [0.4, 0.5) is 4.39 Å². The van der Waals surface area contributed by atoms with Crippen molar-refractivity contribution in [3.63, 3.8) is 0 Å². The molecule has 1 aliphatic carbocycles. The number of halogens is 1. The van der Waals surface area contributed by atoms with Crippen molar-refractivity contribution in [3.05, 3.63) is 0 Å². The lowest BCUT2D eigenvalue weighted by Crippen LogP contribution is -2.57. The van der Waals surface area contributed by atoms with Crippen molar-refractivity contribution in [2.75, 3.05) is 20.1 Å². The Morgan fingerprint density at radius 1 is 1.50 bits per heavy atom. The Labute approximate surface area is 96.6 Å². The van der Waals surface area contributed by atoms with Gasteiger partial charge in [0, 0.05) is 25.2 Å². The van der Waals surface area contributed by atoms with Gasteiger partial charge >= 0.3 is 0 Å². The highest BCUT2D eigenvalue weighted by molar-refractivity contribution is 5.09. The number of hydrogen-bond donors (Lipinski definition) is 1. The zero-order valence-electron chi connectivity index (χ0n) is 10.0. The van der Waals surface area contributed by atoms with Crippen LogP contribution in [0.2, 0.25) is 0 Å². The maximum atomic E-state index is 13.7. The minimum atomic E-state index is -0.771. The van der Waals surface area contributed by atoms with Crippen molar-refractivity contribution in [1.82, 2.24) is 10.2 Å². The number of likely N-dealkylation sites (tertiary alicyclic amines) is 1. The second-order valence-electron chi connectivity index (χ2n) is 5.43. The molecule has 16 heavy (non-hydrogen) atoms. The van der Waals surface area contributed by atoms with Gasteiger partial charge in [-0.05, 0) is 33.2 Å². The molecule has 1 aliphatic heterocycles. The highest BCUT2D eigenvalue weighted by Gasteiger charge is 2.45. The molecule has 0 amide bonds. The summed E-state index contributed by atoms with van der Waals surface area (Å²) >= 11 is 0. The van der Waals surface area contributed by atoms with E-state index in [-0.39, 0.29) is 11.5 Å². The van der Waals surface area contributed by atoms with Crippen LogP contribution in [0.15, 0.2) is 0 Å². The van der Waals surface area contributed by atoms with Crippen LogP contribution < -0.4 is 5.32 Å². The Hall–Kier alpha value is -0.660. The van der Waals surface area contributed by atoms with Crippen molar-refractivity contribution in [3.8, 4) is 6.07 Å². The Balaban J connectivity index is 1.84. The van der Waals surface area contributed by atoms with E-state index in [4.69, 9.17) is 5.26 Å². The van der Waals surface area contributed by atoms with Gasteiger partial charge in [0.05, 0.1) is 11.5 Å². The molecule has 2 unspecified atom stereocenters. The summed E-state index contributed by atoms with van der Waals surface area (Å²) in [5, 5.41) is 12.0. The smallest absolute Gasteiger partial charge is 0.128 e. The third kappa shape index (κ3) is 2.07. The molecule has 1 heterocycles. The molecule has 2 aliphatic rings. The normalized spacial score (nSPS) is 44.8. The van der Waals surface area contributed by atoms with Crippen LogP contribution in [0.1, 0.15) is 26.2 Å². The van der Waals surface area contributed by atoms with Crippen molar-refractivity contribution < 1.29 is 4.39 Å². The summed E-state index contributed by atoms with van der Waals surface area (Å²) in [5.41, 5.74) is -0.156. The predicted octanol–water partition coefficient (Wildman–Crippen LogP) is 1.31. The topological polar surface area (TPSA) is 39.1 Å². The van der Waals surface area contributed by atoms with Crippen molar-refractivity contribution in [2.24, 2.45) is 5.41 Å². The molecule has 2 atom stereocenters. The Bertz CT molecular complexity index is 293. The van der Waals surface area contributed by atoms with Crippen LogP contribution in [-0.2, 0) is 0 Å². The second-order valence-corrected chi connectivity index (χ2v) is 5.43. The van der Waals surface area contributed by atoms with E-state index in [1.807, 2.05) is 14.0 Å². The van der Waals surface area contributed by atoms with E-state index in [1.54, 1.807) is 0 Å². The fraction of sp³-hybridized carbons (Fsp3) is 0.917. The van der Waals surface area contributed by atoms with Gasteiger partial charge in [0.15, 0.2) is 0 Å². The molecule has 0 spiro atoms. The monoisotopic (exact) mass is 225 g/mol. The summed E-state index contributed by atoms with van der Waals surface area (Å²) in [5.74, 6) is 0. The molecule has 4 heteroatoms. The van der Waals surface area contributed by atoms with Crippen LogP contribution in [-0.4, -0.2) is 43.3 Å². The standard InChI is InChI=1S/C12H20FN3/c1-12(8-14)5-9(6-12)16-4-3-11(15-2)10(13)7-16/h9-11,15H,3-7H2,1-2H3. The van der Waals surface area contributed by atoms with E-state index >= 15 is 0 Å². The minimum absolute atomic E-state index is 0.0127. The predicted molar refractivity (Wildman–Crippen MR) is 60.7 cm³/mol. The molecule has 1 saturated heterocycles. The number of rotatable bonds is 2. The van der Waals surface area contributed by atoms with Gasteiger partial charge < -0.3 is 5.32 Å². The number of nitrogens with zero attached hydrogens (tertiary/aromatic N) is 2. The summed E-state index contributed by atoms with van der Waals surface area (Å²) in [7, 11) is 1.82. The molecule has 3 nitrogen and oxygen atoms in total. The third-order valence-corrected chi connectivity index (χ3v) is 4.10. The SMILES string of the molecule is CNC1CCN(C2CC(C)(C#N)C2)CC1F. The van der Waals surface area contributed by atoms with Crippen molar-refractivity contribution >= 4 is 0 Å². The molecule has 90 valence electrons. The van der Waals surface area contributed by atoms with Gasteiger partial charge in [0.25, 0.3) is 0 Å². The quantitative estimate of drug-likeness (QED) is 0.770. The number of nitriles is 1. The largest absolute Gasteiger partial charge is 0.314 e. The first-order valence-electron chi connectivity index (χ1n) is 6.04. The van der Waals surface area contributed by atoms with Crippen LogP contribution in [0.5, 0.6) is 0 Å². The van der Waals surface area contributed by atoms with E-state index in [0.717, 1.165) is 25.8 Å². The zero-order chi connectivity index (χ0) is 11.8. The van der Waals surface area contributed by atoms with Gasteiger partial charge in [-0.15, -0.1) is 0 Å². The second kappa shape index (κ2) is 4.31. The van der Waals surface area contributed by atoms with Crippen LogP contribution in [0, 0.1) is 16.7 Å². The lowest BCUT2D eigenvalue weighted by Gasteiger charge is -2.49. The molecule has 0 aromatic carbocycles. The van der Waals surface area contributed by atoms with E-state index in [2.05, 4.69) is 16.3 Å². The van der Waals surface area contributed by atoms with Crippen molar-refractivity contribution in [1.29, 1.82) is 5.26 Å². The number of nitrogens with one attached hydrogen (secondary N) is 1. The average molecular weight is 225 g/mol. The zero-order valence-corrected chi connectivity index (χ0v) is 10.0. The van der Waals surface area contributed by atoms with Gasteiger partial charge in [0.1, 0.15) is 6.17 Å². The lowest BCUT2D eigenvalue weighted by atomic mass is 9.67. The highest BCUT2D eigenvalue weighted by Crippen LogP contribution is 2.43. The van der Waals surface area contributed by atoms with Crippen LogP contribution >= 0.6 is 0 Å². The average Bonchev–Trinajstić information content (AvgIpc) is 2.24. The molecular formula is C12H20FN3. The first-order chi connectivity index (χ1) is 7.58. The number of hydrogen-bond acceptors (Lipinski definition) is 3. The summed E-state index contributed by atoms with van der Waals surface area (Å²) < 4.78 is 13.7. The highest BCUT2D eigenvalue weighted by atomic mass is 19.1. The molecule has 1 N–H and O–H groups in total. The summed E-state index contributed by atoms with van der Waals surface area (Å²) in [6.07, 6.45) is 1.91. The van der Waals surface area contributed by atoms with Gasteiger partial charge in [-0.25, -0.2) is 4.39 Å². The fourth-order valence-electron chi connectivity index (χ4n) is 2.91. The minimum Gasteiger partial charge on any atom is -0.314 e.